The molecule has 1 N–H and O–H groups in total. The van der Waals surface area contributed by atoms with Crippen LogP contribution in [-0.2, 0) is 6.54 Å². The van der Waals surface area contributed by atoms with Crippen molar-refractivity contribution in [2.75, 3.05) is 13.7 Å². The van der Waals surface area contributed by atoms with Crippen LogP contribution in [0, 0.1) is 0 Å². The molecule has 0 bridgehead atoms. The number of fused-ring (bicyclic) bond motifs is 1. The SMILES string of the molecule is CCOc1cccc2c(CNC)coc12. The number of hydrogen-bond donors (Lipinski definition) is 1. The van der Waals surface area contributed by atoms with Crippen molar-refractivity contribution >= 4 is 11.0 Å². The lowest BCUT2D eigenvalue weighted by Crippen LogP contribution is -2.03. The van der Waals surface area contributed by atoms with E-state index in [1.54, 1.807) is 6.26 Å². The molecule has 2 aromatic rings. The van der Waals surface area contributed by atoms with Crippen LogP contribution in [-0.4, -0.2) is 13.7 Å². The minimum atomic E-state index is 0.654. The molecule has 0 aliphatic rings. The second kappa shape index (κ2) is 4.36. The molecule has 0 spiro atoms. The molecule has 15 heavy (non-hydrogen) atoms. The Bertz CT molecular complexity index is 448. The highest BCUT2D eigenvalue weighted by Crippen LogP contribution is 2.29. The van der Waals surface area contributed by atoms with Crippen LogP contribution in [0.5, 0.6) is 5.75 Å². The summed E-state index contributed by atoms with van der Waals surface area (Å²) in [6.07, 6.45) is 1.78. The van der Waals surface area contributed by atoms with Gasteiger partial charge >= 0.3 is 0 Å². The summed E-state index contributed by atoms with van der Waals surface area (Å²) in [7, 11) is 1.92. The third-order valence-corrected chi connectivity index (χ3v) is 2.31. The Hall–Kier alpha value is -1.48. The van der Waals surface area contributed by atoms with E-state index >= 15 is 0 Å². The van der Waals surface area contributed by atoms with Gasteiger partial charge in [0.15, 0.2) is 11.3 Å². The second-order valence-corrected chi connectivity index (χ2v) is 3.36. The molecule has 1 heterocycles. The minimum absolute atomic E-state index is 0.654. The first-order valence-corrected chi connectivity index (χ1v) is 5.13. The molecule has 0 fully saturated rings. The third kappa shape index (κ3) is 1.83. The van der Waals surface area contributed by atoms with Crippen LogP contribution in [0.1, 0.15) is 12.5 Å². The smallest absolute Gasteiger partial charge is 0.176 e. The molecule has 1 aromatic heterocycles. The van der Waals surface area contributed by atoms with Gasteiger partial charge in [0.25, 0.3) is 0 Å². The number of ether oxygens (including phenoxy) is 1. The van der Waals surface area contributed by atoms with Crippen LogP contribution < -0.4 is 10.1 Å². The molecule has 1 aromatic carbocycles. The standard InChI is InChI=1S/C12H15NO2/c1-3-14-11-6-4-5-10-9(7-13-2)8-15-12(10)11/h4-6,8,13H,3,7H2,1-2H3. The minimum Gasteiger partial charge on any atom is -0.490 e. The molecule has 2 rings (SSSR count). The Morgan fingerprint density at radius 3 is 3.00 bits per heavy atom. The predicted molar refractivity (Wildman–Crippen MR) is 60.1 cm³/mol. The number of para-hydroxylation sites is 1. The van der Waals surface area contributed by atoms with Crippen LogP contribution in [0.2, 0.25) is 0 Å². The van der Waals surface area contributed by atoms with Crippen molar-refractivity contribution in [3.05, 3.63) is 30.0 Å². The van der Waals surface area contributed by atoms with Crippen LogP contribution in [0.4, 0.5) is 0 Å². The van der Waals surface area contributed by atoms with Gasteiger partial charge in [0.2, 0.25) is 0 Å². The normalized spacial score (nSPS) is 10.8. The fourth-order valence-electron chi connectivity index (χ4n) is 1.68. The molecule has 0 atom stereocenters. The van der Waals surface area contributed by atoms with Gasteiger partial charge < -0.3 is 14.5 Å². The maximum atomic E-state index is 5.52. The molecule has 0 saturated heterocycles. The molecule has 80 valence electrons. The Kier molecular flexibility index (Phi) is 2.92. The zero-order valence-electron chi connectivity index (χ0n) is 9.04. The first-order valence-electron chi connectivity index (χ1n) is 5.13. The third-order valence-electron chi connectivity index (χ3n) is 2.31. The highest BCUT2D eigenvalue weighted by atomic mass is 16.5. The van der Waals surface area contributed by atoms with E-state index in [-0.39, 0.29) is 0 Å². The summed E-state index contributed by atoms with van der Waals surface area (Å²) >= 11 is 0. The van der Waals surface area contributed by atoms with E-state index < -0.39 is 0 Å². The summed E-state index contributed by atoms with van der Waals surface area (Å²) < 4.78 is 11.0. The van der Waals surface area contributed by atoms with Crippen LogP contribution in [0.25, 0.3) is 11.0 Å². The van der Waals surface area contributed by atoms with E-state index in [4.69, 9.17) is 9.15 Å². The average molecular weight is 205 g/mol. The maximum Gasteiger partial charge on any atom is 0.176 e. The highest BCUT2D eigenvalue weighted by molar-refractivity contribution is 5.86. The van der Waals surface area contributed by atoms with Gasteiger partial charge in [-0.1, -0.05) is 12.1 Å². The Morgan fingerprint density at radius 2 is 2.27 bits per heavy atom. The lowest BCUT2D eigenvalue weighted by molar-refractivity contribution is 0.338. The van der Waals surface area contributed by atoms with E-state index in [1.165, 1.54) is 0 Å². The van der Waals surface area contributed by atoms with E-state index in [0.29, 0.717) is 6.61 Å². The maximum absolute atomic E-state index is 5.52. The summed E-state index contributed by atoms with van der Waals surface area (Å²) in [4.78, 5) is 0. The Balaban J connectivity index is 2.48. The monoisotopic (exact) mass is 205 g/mol. The van der Waals surface area contributed by atoms with Gasteiger partial charge in [-0.05, 0) is 20.0 Å². The van der Waals surface area contributed by atoms with E-state index in [1.807, 2.05) is 32.2 Å². The molecule has 0 unspecified atom stereocenters. The van der Waals surface area contributed by atoms with Gasteiger partial charge in [0.1, 0.15) is 0 Å². The van der Waals surface area contributed by atoms with Crippen molar-refractivity contribution < 1.29 is 9.15 Å². The molecule has 0 aliphatic carbocycles. The predicted octanol–water partition coefficient (Wildman–Crippen LogP) is 2.55. The van der Waals surface area contributed by atoms with Crippen molar-refractivity contribution in [3.63, 3.8) is 0 Å². The van der Waals surface area contributed by atoms with E-state index in [9.17, 15) is 0 Å². The molecule has 0 amide bonds. The summed E-state index contributed by atoms with van der Waals surface area (Å²) in [5, 5.41) is 4.23. The molecular formula is C12H15NO2. The fourth-order valence-corrected chi connectivity index (χ4v) is 1.68. The van der Waals surface area contributed by atoms with E-state index in [2.05, 4.69) is 5.32 Å². The van der Waals surface area contributed by atoms with Crippen molar-refractivity contribution in [2.45, 2.75) is 13.5 Å². The lowest BCUT2D eigenvalue weighted by atomic mass is 10.1. The summed E-state index contributed by atoms with van der Waals surface area (Å²) in [5.41, 5.74) is 2.00. The summed E-state index contributed by atoms with van der Waals surface area (Å²) in [5.74, 6) is 0.817. The number of hydrogen-bond acceptors (Lipinski definition) is 3. The number of nitrogens with one attached hydrogen (secondary N) is 1. The van der Waals surface area contributed by atoms with Crippen LogP contribution in [0.3, 0.4) is 0 Å². The van der Waals surface area contributed by atoms with Gasteiger partial charge in [0, 0.05) is 17.5 Å². The number of rotatable bonds is 4. The van der Waals surface area contributed by atoms with Crippen molar-refractivity contribution in [1.82, 2.24) is 5.32 Å². The molecular weight excluding hydrogens is 190 g/mol. The fraction of sp³-hybridized carbons (Fsp3) is 0.333. The van der Waals surface area contributed by atoms with Crippen molar-refractivity contribution in [2.24, 2.45) is 0 Å². The second-order valence-electron chi connectivity index (χ2n) is 3.36. The van der Waals surface area contributed by atoms with Gasteiger partial charge in [-0.3, -0.25) is 0 Å². The molecule has 0 aliphatic heterocycles. The summed E-state index contributed by atoms with van der Waals surface area (Å²) in [6.45, 7) is 3.43. The van der Waals surface area contributed by atoms with Crippen molar-refractivity contribution in [3.8, 4) is 5.75 Å². The van der Waals surface area contributed by atoms with E-state index in [0.717, 1.165) is 28.8 Å². The van der Waals surface area contributed by atoms with Gasteiger partial charge in [-0.25, -0.2) is 0 Å². The number of benzene rings is 1. The average Bonchev–Trinajstić information content (AvgIpc) is 2.64. The Morgan fingerprint density at radius 1 is 1.40 bits per heavy atom. The zero-order chi connectivity index (χ0) is 10.7. The highest BCUT2D eigenvalue weighted by Gasteiger charge is 2.09. The van der Waals surface area contributed by atoms with Gasteiger partial charge in [-0.2, -0.15) is 0 Å². The quantitative estimate of drug-likeness (QED) is 0.833. The summed E-state index contributed by atoms with van der Waals surface area (Å²) in [6, 6.07) is 5.97. The first-order chi connectivity index (χ1) is 7.36. The zero-order valence-corrected chi connectivity index (χ0v) is 9.04. The molecule has 0 saturated carbocycles. The van der Waals surface area contributed by atoms with Crippen molar-refractivity contribution in [1.29, 1.82) is 0 Å². The topological polar surface area (TPSA) is 34.4 Å². The first kappa shape index (κ1) is 10.1. The van der Waals surface area contributed by atoms with Gasteiger partial charge in [0.05, 0.1) is 12.9 Å². The molecule has 0 radical (unpaired) electrons. The largest absolute Gasteiger partial charge is 0.490 e. The van der Waals surface area contributed by atoms with Crippen LogP contribution >= 0.6 is 0 Å². The molecule has 3 nitrogen and oxygen atoms in total. The number of furan rings is 1. The molecule has 3 heteroatoms. The van der Waals surface area contributed by atoms with Gasteiger partial charge in [-0.15, -0.1) is 0 Å². The Labute approximate surface area is 89.0 Å². The van der Waals surface area contributed by atoms with Crippen LogP contribution in [0.15, 0.2) is 28.9 Å². The lowest BCUT2D eigenvalue weighted by Gasteiger charge is -2.02.